The van der Waals surface area contributed by atoms with Crippen LogP contribution in [0.25, 0.3) is 5.70 Å². The number of nitriles is 1. The minimum Gasteiger partial charge on any atom is -0.450 e. The SMILES string of the molecule is CCOC1=C(N2CCOCC2C)C=C(c2cc(NC(=O)c3ccnc(C(C)(C)C#N)c3)cnc2C)[NH2+]1. The second kappa shape index (κ2) is 10.5. The summed E-state index contributed by atoms with van der Waals surface area (Å²) in [6.45, 7) is 12.3. The molecular weight excluding hydrogens is 456 g/mol. The van der Waals surface area contributed by atoms with Crippen molar-refractivity contribution >= 4 is 17.3 Å². The molecule has 0 bridgehead atoms. The minimum absolute atomic E-state index is 0.245. The Morgan fingerprint density at radius 1 is 1.39 bits per heavy atom. The van der Waals surface area contributed by atoms with Gasteiger partial charge >= 0.3 is 5.88 Å². The Morgan fingerprint density at radius 2 is 2.19 bits per heavy atom. The fraction of sp³-hybridized carbons (Fsp3) is 0.407. The number of ether oxygens (including phenoxy) is 2. The van der Waals surface area contributed by atoms with Crippen molar-refractivity contribution in [1.29, 1.82) is 5.26 Å². The zero-order valence-electron chi connectivity index (χ0n) is 21.5. The Balaban J connectivity index is 1.58. The molecular formula is C27H33N6O3+. The van der Waals surface area contributed by atoms with Gasteiger partial charge in [0.15, 0.2) is 0 Å². The summed E-state index contributed by atoms with van der Waals surface area (Å²) in [4.78, 5) is 24.1. The lowest BCUT2D eigenvalue weighted by atomic mass is 9.90. The van der Waals surface area contributed by atoms with E-state index in [1.807, 2.05) is 25.2 Å². The van der Waals surface area contributed by atoms with Gasteiger partial charge in [-0.15, -0.1) is 0 Å². The summed E-state index contributed by atoms with van der Waals surface area (Å²) in [5.74, 6) is 0.545. The number of hydrogen-bond donors (Lipinski definition) is 2. The molecule has 0 aliphatic carbocycles. The molecule has 0 radical (unpaired) electrons. The van der Waals surface area contributed by atoms with E-state index in [9.17, 15) is 10.1 Å². The molecule has 2 aromatic heterocycles. The van der Waals surface area contributed by atoms with Crippen molar-refractivity contribution in [1.82, 2.24) is 14.9 Å². The fourth-order valence-electron chi connectivity index (χ4n) is 4.28. The first-order valence-electron chi connectivity index (χ1n) is 12.2. The van der Waals surface area contributed by atoms with Crippen LogP contribution in [0.3, 0.4) is 0 Å². The molecule has 36 heavy (non-hydrogen) atoms. The average molecular weight is 490 g/mol. The third-order valence-corrected chi connectivity index (χ3v) is 6.41. The first-order chi connectivity index (χ1) is 17.2. The molecule has 0 spiro atoms. The van der Waals surface area contributed by atoms with E-state index < -0.39 is 5.41 Å². The van der Waals surface area contributed by atoms with Gasteiger partial charge in [-0.05, 0) is 52.8 Å². The highest BCUT2D eigenvalue weighted by atomic mass is 16.5. The van der Waals surface area contributed by atoms with Crippen LogP contribution in [0.5, 0.6) is 0 Å². The highest BCUT2D eigenvalue weighted by molar-refractivity contribution is 6.04. The minimum atomic E-state index is -0.791. The smallest absolute Gasteiger partial charge is 0.317 e. The van der Waals surface area contributed by atoms with E-state index in [1.54, 1.807) is 38.4 Å². The molecule has 0 saturated carbocycles. The van der Waals surface area contributed by atoms with Crippen molar-refractivity contribution in [2.75, 3.05) is 31.7 Å². The van der Waals surface area contributed by atoms with Crippen LogP contribution < -0.4 is 10.6 Å². The van der Waals surface area contributed by atoms with Crippen LogP contribution in [0, 0.1) is 18.3 Å². The summed E-state index contributed by atoms with van der Waals surface area (Å²) in [6, 6.07) is 7.69. The van der Waals surface area contributed by atoms with Gasteiger partial charge in [-0.1, -0.05) is 0 Å². The normalized spacial score (nSPS) is 18.1. The number of carbonyl (C=O) groups is 1. The number of quaternary nitrogens is 1. The molecule has 1 amide bonds. The summed E-state index contributed by atoms with van der Waals surface area (Å²) in [7, 11) is 0. The molecule has 188 valence electrons. The summed E-state index contributed by atoms with van der Waals surface area (Å²) >= 11 is 0. The number of nitrogens with one attached hydrogen (secondary N) is 1. The van der Waals surface area contributed by atoms with Gasteiger partial charge in [0.25, 0.3) is 5.91 Å². The van der Waals surface area contributed by atoms with Crippen molar-refractivity contribution in [3.05, 3.63) is 70.8 Å². The fourth-order valence-corrected chi connectivity index (χ4v) is 4.28. The Kier molecular flexibility index (Phi) is 7.38. The van der Waals surface area contributed by atoms with Crippen molar-refractivity contribution in [3.63, 3.8) is 0 Å². The molecule has 1 unspecified atom stereocenters. The quantitative estimate of drug-likeness (QED) is 0.614. The number of rotatable bonds is 7. The lowest BCUT2D eigenvalue weighted by molar-refractivity contribution is -0.540. The summed E-state index contributed by atoms with van der Waals surface area (Å²) < 4.78 is 11.6. The van der Waals surface area contributed by atoms with Crippen LogP contribution in [0.2, 0.25) is 0 Å². The van der Waals surface area contributed by atoms with Gasteiger partial charge in [0.2, 0.25) is 0 Å². The van der Waals surface area contributed by atoms with Gasteiger partial charge in [-0.3, -0.25) is 14.8 Å². The third-order valence-electron chi connectivity index (χ3n) is 6.41. The average Bonchev–Trinajstić information content (AvgIpc) is 3.29. The van der Waals surface area contributed by atoms with Crippen molar-refractivity contribution in [2.45, 2.75) is 46.1 Å². The Hall–Kier alpha value is -3.74. The van der Waals surface area contributed by atoms with Gasteiger partial charge in [0, 0.05) is 30.4 Å². The second-order valence-corrected chi connectivity index (χ2v) is 9.52. The van der Waals surface area contributed by atoms with Gasteiger partial charge in [0.1, 0.15) is 11.4 Å². The van der Waals surface area contributed by atoms with Gasteiger partial charge in [-0.2, -0.15) is 5.26 Å². The Morgan fingerprint density at radius 3 is 2.92 bits per heavy atom. The van der Waals surface area contributed by atoms with E-state index in [-0.39, 0.29) is 11.9 Å². The van der Waals surface area contributed by atoms with Crippen LogP contribution >= 0.6 is 0 Å². The number of nitrogens with zero attached hydrogens (tertiary/aromatic N) is 4. The highest BCUT2D eigenvalue weighted by Gasteiger charge is 2.32. The molecule has 2 aromatic rings. The standard InChI is InChI=1S/C27H32N6O3/c1-6-36-26-23(33-9-10-35-15-17(33)2)13-22(32-26)21-12-20(14-30-18(21)3)31-25(34)19-7-8-29-24(11-19)27(4,5)16-28/h7-8,11-14,17,32H,6,9-10,15H2,1-5H3,(H,31,34)/p+1. The number of carbonyl (C=O) groups excluding carboxylic acids is 1. The molecule has 1 saturated heterocycles. The summed E-state index contributed by atoms with van der Waals surface area (Å²) in [5.41, 5.74) is 4.56. The van der Waals surface area contributed by atoms with Crippen LogP contribution in [-0.4, -0.2) is 53.2 Å². The van der Waals surface area contributed by atoms with Crippen LogP contribution in [0.1, 0.15) is 55.0 Å². The number of morpholine rings is 1. The number of hydrogen-bond acceptors (Lipinski definition) is 7. The lowest BCUT2D eigenvalue weighted by Crippen LogP contribution is -2.78. The number of anilines is 1. The van der Waals surface area contributed by atoms with Gasteiger partial charge in [-0.25, -0.2) is 5.32 Å². The zero-order chi connectivity index (χ0) is 25.9. The molecule has 9 nitrogen and oxygen atoms in total. The number of allylic oxidation sites excluding steroid dienone is 1. The molecule has 4 rings (SSSR count). The topological polar surface area (TPSA) is 117 Å². The molecule has 1 fully saturated rings. The van der Waals surface area contributed by atoms with Crippen LogP contribution in [-0.2, 0) is 14.9 Å². The van der Waals surface area contributed by atoms with Crippen LogP contribution in [0.15, 0.2) is 48.2 Å². The first-order valence-corrected chi connectivity index (χ1v) is 12.2. The molecule has 2 aliphatic rings. The first kappa shape index (κ1) is 25.4. The summed E-state index contributed by atoms with van der Waals surface area (Å²) in [6.07, 6.45) is 5.33. The molecule has 0 aromatic carbocycles. The predicted molar refractivity (Wildman–Crippen MR) is 135 cm³/mol. The monoisotopic (exact) mass is 489 g/mol. The third kappa shape index (κ3) is 5.25. The Bertz CT molecular complexity index is 1260. The molecule has 9 heteroatoms. The molecule has 3 N–H and O–H groups in total. The van der Waals surface area contributed by atoms with Crippen molar-refractivity contribution in [3.8, 4) is 6.07 Å². The van der Waals surface area contributed by atoms with Crippen molar-refractivity contribution in [2.24, 2.45) is 0 Å². The second-order valence-electron chi connectivity index (χ2n) is 9.52. The maximum Gasteiger partial charge on any atom is 0.317 e. The van der Waals surface area contributed by atoms with E-state index in [4.69, 9.17) is 9.47 Å². The number of amides is 1. The van der Waals surface area contributed by atoms with Crippen LogP contribution in [0.4, 0.5) is 5.69 Å². The maximum atomic E-state index is 13.0. The largest absolute Gasteiger partial charge is 0.450 e. The Labute approximate surface area is 211 Å². The molecule has 4 heterocycles. The molecule has 2 aliphatic heterocycles. The maximum absolute atomic E-state index is 13.0. The highest BCUT2D eigenvalue weighted by Crippen LogP contribution is 2.27. The van der Waals surface area contributed by atoms with Gasteiger partial charge in [0.05, 0.1) is 60.1 Å². The van der Waals surface area contributed by atoms with E-state index in [1.165, 1.54) is 0 Å². The predicted octanol–water partition coefficient (Wildman–Crippen LogP) is 2.68. The lowest BCUT2D eigenvalue weighted by Gasteiger charge is -2.34. The van der Waals surface area contributed by atoms with E-state index in [0.29, 0.717) is 36.8 Å². The zero-order valence-corrected chi connectivity index (χ0v) is 21.5. The summed E-state index contributed by atoms with van der Waals surface area (Å²) in [5, 5.41) is 14.4. The van der Waals surface area contributed by atoms with Gasteiger partial charge < -0.3 is 19.7 Å². The van der Waals surface area contributed by atoms with E-state index >= 15 is 0 Å². The van der Waals surface area contributed by atoms with E-state index in [2.05, 4.69) is 39.3 Å². The number of pyridine rings is 2. The number of aromatic nitrogens is 2. The molecule has 1 atom stereocenters. The van der Waals surface area contributed by atoms with E-state index in [0.717, 1.165) is 35.1 Å². The number of aryl methyl sites for hydroxylation is 1. The number of nitrogens with two attached hydrogens (primary N) is 1. The van der Waals surface area contributed by atoms with Crippen molar-refractivity contribution < 1.29 is 19.6 Å².